The van der Waals surface area contributed by atoms with Crippen molar-refractivity contribution in [1.82, 2.24) is 4.98 Å². The SMILES string of the molecule is O=c1[nH]c2cc(C(F)(F)F)c(Br)cc2c(=O)o1. The van der Waals surface area contributed by atoms with Gasteiger partial charge in [0.2, 0.25) is 0 Å². The molecule has 1 aromatic carbocycles. The van der Waals surface area contributed by atoms with Crippen LogP contribution in [0.15, 0.2) is 30.6 Å². The average molecular weight is 310 g/mol. The fourth-order valence-corrected chi connectivity index (χ4v) is 1.91. The maximum absolute atomic E-state index is 12.6. The molecule has 0 unspecified atom stereocenters. The molecule has 8 heteroatoms. The van der Waals surface area contributed by atoms with Crippen molar-refractivity contribution in [3.05, 3.63) is 43.1 Å². The van der Waals surface area contributed by atoms with Crippen LogP contribution >= 0.6 is 15.9 Å². The highest BCUT2D eigenvalue weighted by Crippen LogP contribution is 2.36. The van der Waals surface area contributed by atoms with Gasteiger partial charge in [-0.2, -0.15) is 13.2 Å². The molecule has 2 aromatic rings. The number of H-pyrrole nitrogens is 1. The molecule has 0 saturated heterocycles. The van der Waals surface area contributed by atoms with Gasteiger partial charge >= 0.3 is 17.6 Å². The minimum absolute atomic E-state index is 0.135. The summed E-state index contributed by atoms with van der Waals surface area (Å²) in [7, 11) is 0. The Labute approximate surface area is 99.2 Å². The Morgan fingerprint density at radius 1 is 1.24 bits per heavy atom. The van der Waals surface area contributed by atoms with Gasteiger partial charge in [0, 0.05) is 4.47 Å². The molecule has 0 fully saturated rings. The highest BCUT2D eigenvalue weighted by atomic mass is 79.9. The minimum atomic E-state index is -4.58. The van der Waals surface area contributed by atoms with Gasteiger partial charge in [-0.3, -0.25) is 4.98 Å². The highest BCUT2D eigenvalue weighted by Gasteiger charge is 2.33. The third-order valence-corrected chi connectivity index (χ3v) is 2.71. The lowest BCUT2D eigenvalue weighted by atomic mass is 10.1. The Kier molecular flexibility index (Phi) is 2.61. The molecule has 4 nitrogen and oxygen atoms in total. The van der Waals surface area contributed by atoms with E-state index in [0.717, 1.165) is 6.07 Å². The van der Waals surface area contributed by atoms with Crippen molar-refractivity contribution >= 4 is 26.8 Å². The van der Waals surface area contributed by atoms with Crippen LogP contribution < -0.4 is 11.4 Å². The van der Waals surface area contributed by atoms with E-state index >= 15 is 0 Å². The summed E-state index contributed by atoms with van der Waals surface area (Å²) in [4.78, 5) is 24.1. The number of hydrogen-bond donors (Lipinski definition) is 1. The number of alkyl halides is 3. The zero-order valence-corrected chi connectivity index (χ0v) is 9.48. The van der Waals surface area contributed by atoms with Crippen molar-refractivity contribution < 1.29 is 17.6 Å². The number of hydrogen-bond acceptors (Lipinski definition) is 3. The topological polar surface area (TPSA) is 63.1 Å². The number of aromatic nitrogens is 1. The van der Waals surface area contributed by atoms with Crippen molar-refractivity contribution in [2.45, 2.75) is 6.18 Å². The Morgan fingerprint density at radius 3 is 2.47 bits per heavy atom. The van der Waals surface area contributed by atoms with E-state index in [1.807, 2.05) is 4.98 Å². The molecular formula is C9H3BrF3NO3. The molecule has 1 heterocycles. The van der Waals surface area contributed by atoms with E-state index in [-0.39, 0.29) is 15.4 Å². The summed E-state index contributed by atoms with van der Waals surface area (Å²) in [5, 5.41) is -0.135. The number of aromatic amines is 1. The summed E-state index contributed by atoms with van der Waals surface area (Å²) < 4.78 is 41.6. The van der Waals surface area contributed by atoms with Gasteiger partial charge in [0.25, 0.3) is 0 Å². The van der Waals surface area contributed by atoms with Crippen molar-refractivity contribution in [2.75, 3.05) is 0 Å². The smallest absolute Gasteiger partial charge is 0.372 e. The Morgan fingerprint density at radius 2 is 1.88 bits per heavy atom. The maximum atomic E-state index is 12.6. The average Bonchev–Trinajstić information content (AvgIpc) is 2.16. The van der Waals surface area contributed by atoms with Crippen molar-refractivity contribution in [2.24, 2.45) is 0 Å². The second kappa shape index (κ2) is 3.73. The van der Waals surface area contributed by atoms with Crippen LogP contribution in [0, 0.1) is 0 Å². The summed E-state index contributed by atoms with van der Waals surface area (Å²) in [6, 6.07) is 1.64. The van der Waals surface area contributed by atoms with E-state index in [1.165, 1.54) is 0 Å². The Hall–Kier alpha value is -1.57. The molecular weight excluding hydrogens is 307 g/mol. The third kappa shape index (κ3) is 2.12. The van der Waals surface area contributed by atoms with Crippen molar-refractivity contribution in [1.29, 1.82) is 0 Å². The molecule has 2 rings (SSSR count). The molecule has 1 N–H and O–H groups in total. The van der Waals surface area contributed by atoms with Crippen LogP contribution in [0.4, 0.5) is 13.2 Å². The lowest BCUT2D eigenvalue weighted by molar-refractivity contribution is -0.138. The second-order valence-electron chi connectivity index (χ2n) is 3.18. The summed E-state index contributed by atoms with van der Waals surface area (Å²) >= 11 is 2.71. The van der Waals surface area contributed by atoms with E-state index in [4.69, 9.17) is 0 Å². The molecule has 0 aliphatic heterocycles. The second-order valence-corrected chi connectivity index (χ2v) is 4.03. The minimum Gasteiger partial charge on any atom is -0.372 e. The molecule has 0 atom stereocenters. The zero-order chi connectivity index (χ0) is 12.8. The summed E-state index contributed by atoms with van der Waals surface area (Å²) in [5.41, 5.74) is -2.19. The standard InChI is InChI=1S/C9H3BrF3NO3/c10-5-1-3-6(2-4(5)9(11,12)13)14-8(16)17-7(3)15/h1-2H,(H,14,16). The van der Waals surface area contributed by atoms with Gasteiger partial charge in [-0.15, -0.1) is 0 Å². The van der Waals surface area contributed by atoms with Crippen molar-refractivity contribution in [3.8, 4) is 0 Å². The first-order valence-corrected chi connectivity index (χ1v) is 5.02. The number of fused-ring (bicyclic) bond motifs is 1. The van der Waals surface area contributed by atoms with Gasteiger partial charge in [-0.05, 0) is 12.1 Å². The normalized spacial score (nSPS) is 12.0. The fraction of sp³-hybridized carbons (Fsp3) is 0.111. The van der Waals surface area contributed by atoms with Crippen LogP contribution in [0.5, 0.6) is 0 Å². The summed E-state index contributed by atoms with van der Waals surface area (Å²) in [5.74, 6) is -1.10. The van der Waals surface area contributed by atoms with E-state index in [0.29, 0.717) is 6.07 Å². The lowest BCUT2D eigenvalue weighted by Gasteiger charge is -2.09. The predicted octanol–water partition coefficient (Wildman–Crippen LogP) is 2.26. The maximum Gasteiger partial charge on any atom is 0.419 e. The van der Waals surface area contributed by atoms with E-state index in [1.54, 1.807) is 0 Å². The molecule has 0 aliphatic rings. The number of nitrogens with one attached hydrogen (secondary N) is 1. The van der Waals surface area contributed by atoms with Gasteiger partial charge in [0.15, 0.2) is 0 Å². The molecule has 90 valence electrons. The molecule has 17 heavy (non-hydrogen) atoms. The summed E-state index contributed by atoms with van der Waals surface area (Å²) in [6.45, 7) is 0. The van der Waals surface area contributed by atoms with Gasteiger partial charge in [0.05, 0.1) is 16.5 Å². The van der Waals surface area contributed by atoms with Crippen LogP contribution in [0.25, 0.3) is 10.9 Å². The predicted molar refractivity (Wildman–Crippen MR) is 55.8 cm³/mol. The Bertz CT molecular complexity index is 701. The first kappa shape index (κ1) is 11.9. The van der Waals surface area contributed by atoms with Gasteiger partial charge < -0.3 is 4.42 Å². The van der Waals surface area contributed by atoms with Crippen molar-refractivity contribution in [3.63, 3.8) is 0 Å². The molecule has 0 radical (unpaired) electrons. The van der Waals surface area contributed by atoms with E-state index < -0.39 is 23.1 Å². The molecule has 0 aliphatic carbocycles. The van der Waals surface area contributed by atoms with Gasteiger partial charge in [-0.1, -0.05) is 15.9 Å². The van der Waals surface area contributed by atoms with Gasteiger partial charge in [-0.25, -0.2) is 9.59 Å². The van der Waals surface area contributed by atoms with Crippen LogP contribution in [0.3, 0.4) is 0 Å². The first-order valence-electron chi connectivity index (χ1n) is 4.23. The van der Waals surface area contributed by atoms with E-state index in [2.05, 4.69) is 20.3 Å². The molecule has 1 aromatic heterocycles. The summed E-state index contributed by atoms with van der Waals surface area (Å²) in [6.07, 6.45) is -4.58. The fourth-order valence-electron chi connectivity index (χ4n) is 1.34. The number of benzene rings is 1. The van der Waals surface area contributed by atoms with Crippen LogP contribution in [-0.2, 0) is 6.18 Å². The lowest BCUT2D eigenvalue weighted by Crippen LogP contribution is -2.16. The highest BCUT2D eigenvalue weighted by molar-refractivity contribution is 9.10. The molecule has 0 saturated carbocycles. The van der Waals surface area contributed by atoms with E-state index in [9.17, 15) is 22.8 Å². The third-order valence-electron chi connectivity index (χ3n) is 2.05. The number of rotatable bonds is 0. The number of halogens is 4. The van der Waals surface area contributed by atoms with Crippen LogP contribution in [0.1, 0.15) is 5.56 Å². The first-order chi connectivity index (χ1) is 7.79. The monoisotopic (exact) mass is 309 g/mol. The van der Waals surface area contributed by atoms with Gasteiger partial charge in [0.1, 0.15) is 0 Å². The zero-order valence-electron chi connectivity index (χ0n) is 7.89. The largest absolute Gasteiger partial charge is 0.419 e. The quantitative estimate of drug-likeness (QED) is 0.812. The van der Waals surface area contributed by atoms with Crippen LogP contribution in [0.2, 0.25) is 0 Å². The molecule has 0 bridgehead atoms. The van der Waals surface area contributed by atoms with Crippen LogP contribution in [-0.4, -0.2) is 4.98 Å². The Balaban J connectivity index is 2.91. The molecule has 0 spiro atoms. The molecule has 0 amide bonds.